The summed E-state index contributed by atoms with van der Waals surface area (Å²) in [6.45, 7) is 5.38. The Morgan fingerprint density at radius 2 is 1.93 bits per heavy atom. The molecule has 0 aliphatic heterocycles. The van der Waals surface area contributed by atoms with E-state index in [4.69, 9.17) is 4.42 Å². The smallest absolute Gasteiger partial charge is 0.226 e. The summed E-state index contributed by atoms with van der Waals surface area (Å²) in [7, 11) is 1.73. The lowest BCUT2D eigenvalue weighted by molar-refractivity contribution is 0.571. The molecule has 1 aromatic carbocycles. The van der Waals surface area contributed by atoms with Crippen LogP contribution in [0.25, 0.3) is 11.5 Å². The zero-order valence-corrected chi connectivity index (χ0v) is 19.1. The second kappa shape index (κ2) is 10.5. The van der Waals surface area contributed by atoms with E-state index in [1.165, 1.54) is 17.0 Å². The Morgan fingerprint density at radius 3 is 2.57 bits per heavy atom. The highest BCUT2D eigenvalue weighted by atomic mass is 127. The fourth-order valence-electron chi connectivity index (χ4n) is 2.45. The third kappa shape index (κ3) is 5.99. The number of guanidine groups is 1. The summed E-state index contributed by atoms with van der Waals surface area (Å²) in [6.07, 6.45) is 2.30. The number of aromatic nitrogens is 2. The van der Waals surface area contributed by atoms with Gasteiger partial charge in [0.2, 0.25) is 5.89 Å². The van der Waals surface area contributed by atoms with Crippen molar-refractivity contribution in [2.75, 3.05) is 13.6 Å². The van der Waals surface area contributed by atoms with Crippen LogP contribution in [0.3, 0.4) is 0 Å². The minimum atomic E-state index is -0.281. The first-order valence-electron chi connectivity index (χ1n) is 8.63. The topological polar surface area (TPSA) is 75.3 Å². The standard InChI is InChI=1S/C19H22FN5OS.HI/c1-12-13(2)27-17(24-12)10-23-19(21-3)22-9-8-16-11-26-18(25-16)14-4-6-15(20)7-5-14;/h4-7,11H,8-10H2,1-3H3,(H2,21,22,23);1H. The molecule has 0 atom stereocenters. The fourth-order valence-corrected chi connectivity index (χ4v) is 3.32. The van der Waals surface area contributed by atoms with Gasteiger partial charge in [-0.3, -0.25) is 4.99 Å². The predicted molar refractivity (Wildman–Crippen MR) is 121 cm³/mol. The van der Waals surface area contributed by atoms with Gasteiger partial charge in [0.05, 0.1) is 17.9 Å². The molecule has 0 radical (unpaired) electrons. The second-order valence-electron chi connectivity index (χ2n) is 6.00. The molecule has 0 bridgehead atoms. The molecule has 0 aliphatic rings. The van der Waals surface area contributed by atoms with Crippen LogP contribution in [-0.2, 0) is 13.0 Å². The highest BCUT2D eigenvalue weighted by Crippen LogP contribution is 2.19. The minimum Gasteiger partial charge on any atom is -0.444 e. The Kier molecular flexibility index (Phi) is 8.36. The first-order valence-corrected chi connectivity index (χ1v) is 9.44. The molecule has 0 aliphatic carbocycles. The molecular weight excluding hydrogens is 492 g/mol. The Hall–Kier alpha value is -2.01. The summed E-state index contributed by atoms with van der Waals surface area (Å²) in [5, 5.41) is 7.54. The number of aliphatic imine (C=N–C) groups is 1. The summed E-state index contributed by atoms with van der Waals surface area (Å²) in [6, 6.07) is 6.08. The number of halogens is 2. The molecule has 2 heterocycles. The van der Waals surface area contributed by atoms with Gasteiger partial charge in [-0.15, -0.1) is 35.3 Å². The average Bonchev–Trinajstić information content (AvgIpc) is 3.25. The van der Waals surface area contributed by atoms with E-state index in [-0.39, 0.29) is 29.8 Å². The number of thiazole rings is 1. The first-order chi connectivity index (χ1) is 13.0. The molecule has 9 heteroatoms. The third-order valence-electron chi connectivity index (χ3n) is 4.02. The highest BCUT2D eigenvalue weighted by molar-refractivity contribution is 14.0. The van der Waals surface area contributed by atoms with Crippen molar-refractivity contribution < 1.29 is 8.81 Å². The van der Waals surface area contributed by atoms with Crippen LogP contribution in [-0.4, -0.2) is 29.5 Å². The first kappa shape index (κ1) is 22.3. The second-order valence-corrected chi connectivity index (χ2v) is 7.29. The summed E-state index contributed by atoms with van der Waals surface area (Å²) < 4.78 is 18.5. The summed E-state index contributed by atoms with van der Waals surface area (Å²) in [4.78, 5) is 14.4. The third-order valence-corrected chi connectivity index (χ3v) is 5.09. The molecule has 0 saturated carbocycles. The van der Waals surface area contributed by atoms with Crippen molar-refractivity contribution in [1.82, 2.24) is 20.6 Å². The Labute approximate surface area is 184 Å². The van der Waals surface area contributed by atoms with E-state index >= 15 is 0 Å². The normalized spacial score (nSPS) is 11.2. The lowest BCUT2D eigenvalue weighted by Gasteiger charge is -2.09. The lowest BCUT2D eigenvalue weighted by Crippen LogP contribution is -2.37. The summed E-state index contributed by atoms with van der Waals surface area (Å²) >= 11 is 1.69. The number of rotatable bonds is 6. The number of nitrogens with zero attached hydrogens (tertiary/aromatic N) is 3. The van der Waals surface area contributed by atoms with E-state index in [1.807, 2.05) is 6.92 Å². The molecular formula is C19H23FIN5OS. The SMILES string of the molecule is CN=C(NCCc1coc(-c2ccc(F)cc2)n1)NCc1nc(C)c(C)s1.I. The number of hydrogen-bond acceptors (Lipinski definition) is 5. The molecule has 0 fully saturated rings. The maximum Gasteiger partial charge on any atom is 0.226 e. The Morgan fingerprint density at radius 1 is 1.18 bits per heavy atom. The number of hydrogen-bond donors (Lipinski definition) is 2. The van der Waals surface area contributed by atoms with Gasteiger partial charge < -0.3 is 15.1 Å². The van der Waals surface area contributed by atoms with Crippen LogP contribution in [0.1, 0.15) is 21.3 Å². The molecule has 3 aromatic rings. The van der Waals surface area contributed by atoms with E-state index < -0.39 is 0 Å². The summed E-state index contributed by atoms with van der Waals surface area (Å²) in [5.41, 5.74) is 2.65. The number of nitrogens with one attached hydrogen (secondary N) is 2. The fraction of sp³-hybridized carbons (Fsp3) is 0.316. The number of aryl methyl sites for hydroxylation is 2. The van der Waals surface area contributed by atoms with Crippen LogP contribution in [0.2, 0.25) is 0 Å². The van der Waals surface area contributed by atoms with Gasteiger partial charge >= 0.3 is 0 Å². The quantitative estimate of drug-likeness (QED) is 0.294. The molecule has 2 N–H and O–H groups in total. The predicted octanol–water partition coefficient (Wildman–Crippen LogP) is 4.08. The number of benzene rings is 1. The molecule has 0 spiro atoms. The van der Waals surface area contributed by atoms with Gasteiger partial charge in [-0.2, -0.15) is 0 Å². The van der Waals surface area contributed by atoms with Crippen LogP contribution >= 0.6 is 35.3 Å². The molecule has 2 aromatic heterocycles. The monoisotopic (exact) mass is 515 g/mol. The van der Waals surface area contributed by atoms with Crippen molar-refractivity contribution in [3.63, 3.8) is 0 Å². The maximum absolute atomic E-state index is 13.0. The molecule has 3 rings (SSSR count). The Bertz CT molecular complexity index is 903. The van der Waals surface area contributed by atoms with Crippen molar-refractivity contribution in [3.05, 3.63) is 57.6 Å². The molecule has 28 heavy (non-hydrogen) atoms. The van der Waals surface area contributed by atoms with E-state index in [0.717, 1.165) is 22.0 Å². The molecule has 150 valence electrons. The van der Waals surface area contributed by atoms with E-state index in [1.54, 1.807) is 36.8 Å². The van der Waals surface area contributed by atoms with Gasteiger partial charge in [-0.1, -0.05) is 0 Å². The van der Waals surface area contributed by atoms with Gasteiger partial charge in [-0.25, -0.2) is 14.4 Å². The zero-order chi connectivity index (χ0) is 19.2. The van der Waals surface area contributed by atoms with Crippen LogP contribution in [0, 0.1) is 19.7 Å². The molecule has 0 amide bonds. The van der Waals surface area contributed by atoms with Gasteiger partial charge in [0.1, 0.15) is 17.1 Å². The maximum atomic E-state index is 13.0. The van der Waals surface area contributed by atoms with Crippen molar-refractivity contribution in [3.8, 4) is 11.5 Å². The molecule has 6 nitrogen and oxygen atoms in total. The van der Waals surface area contributed by atoms with Crippen LogP contribution in [0.5, 0.6) is 0 Å². The van der Waals surface area contributed by atoms with Crippen molar-refractivity contribution in [2.24, 2.45) is 4.99 Å². The summed E-state index contributed by atoms with van der Waals surface area (Å²) in [5.74, 6) is 0.918. The van der Waals surface area contributed by atoms with Gasteiger partial charge in [0.25, 0.3) is 0 Å². The van der Waals surface area contributed by atoms with Gasteiger partial charge in [-0.05, 0) is 38.1 Å². The Balaban J connectivity index is 0.00000280. The molecule has 0 saturated heterocycles. The number of oxazole rings is 1. The van der Waals surface area contributed by atoms with Crippen molar-refractivity contribution in [2.45, 2.75) is 26.8 Å². The van der Waals surface area contributed by atoms with Crippen LogP contribution in [0.15, 0.2) is 39.9 Å². The van der Waals surface area contributed by atoms with Crippen LogP contribution in [0.4, 0.5) is 4.39 Å². The van der Waals surface area contributed by atoms with Crippen LogP contribution < -0.4 is 10.6 Å². The van der Waals surface area contributed by atoms with E-state index in [0.29, 0.717) is 31.4 Å². The van der Waals surface area contributed by atoms with Crippen molar-refractivity contribution >= 4 is 41.3 Å². The van der Waals surface area contributed by atoms with Gasteiger partial charge in [0, 0.05) is 30.5 Å². The van der Waals surface area contributed by atoms with E-state index in [2.05, 4.69) is 32.5 Å². The largest absolute Gasteiger partial charge is 0.444 e. The lowest BCUT2D eigenvalue weighted by atomic mass is 10.2. The van der Waals surface area contributed by atoms with E-state index in [9.17, 15) is 4.39 Å². The minimum absolute atomic E-state index is 0. The zero-order valence-electron chi connectivity index (χ0n) is 16.0. The van der Waals surface area contributed by atoms with Gasteiger partial charge in [0.15, 0.2) is 5.96 Å². The molecule has 0 unspecified atom stereocenters. The van der Waals surface area contributed by atoms with Crippen molar-refractivity contribution in [1.29, 1.82) is 0 Å². The average molecular weight is 515 g/mol. The highest BCUT2D eigenvalue weighted by Gasteiger charge is 2.08.